The predicted molar refractivity (Wildman–Crippen MR) is 157 cm³/mol. The summed E-state index contributed by atoms with van der Waals surface area (Å²) < 4.78 is 60.0. The van der Waals surface area contributed by atoms with Crippen molar-refractivity contribution in [2.75, 3.05) is 37.7 Å². The minimum Gasteiger partial charge on any atom is -0.490 e. The SMILES string of the molecule is O=[N+]([O-])c1cn2c(n1)O[C@H](COc1ccc(N3CCN(Cc4ccc(Oc5ccc(OC(F)(F)F)cc5)cc4)CC3)cc1)CC2. The van der Waals surface area contributed by atoms with Crippen molar-refractivity contribution >= 4 is 11.5 Å². The van der Waals surface area contributed by atoms with Gasteiger partial charge in [-0.2, -0.15) is 0 Å². The minimum atomic E-state index is -4.73. The van der Waals surface area contributed by atoms with Crippen LogP contribution in [0.4, 0.5) is 24.7 Å². The molecule has 2 aliphatic rings. The highest BCUT2D eigenvalue weighted by atomic mass is 19.4. The molecule has 3 heterocycles. The molecule has 0 spiro atoms. The lowest BCUT2D eigenvalue weighted by Gasteiger charge is -2.36. The molecule has 3 aromatic carbocycles. The van der Waals surface area contributed by atoms with Gasteiger partial charge in [0, 0.05) is 56.4 Å². The lowest BCUT2D eigenvalue weighted by Crippen LogP contribution is -2.45. The average Bonchev–Trinajstić information content (AvgIpc) is 3.46. The van der Waals surface area contributed by atoms with Crippen LogP contribution in [0.25, 0.3) is 0 Å². The molecule has 0 aliphatic carbocycles. The second-order valence-corrected chi connectivity index (χ2v) is 10.7. The van der Waals surface area contributed by atoms with E-state index in [1.54, 1.807) is 4.57 Å². The molecule has 236 valence electrons. The Bertz CT molecular complexity index is 1590. The van der Waals surface area contributed by atoms with Crippen LogP contribution in [0.3, 0.4) is 0 Å². The zero-order chi connectivity index (χ0) is 31.4. The first-order valence-corrected chi connectivity index (χ1v) is 14.4. The van der Waals surface area contributed by atoms with Gasteiger partial charge in [0.25, 0.3) is 0 Å². The lowest BCUT2D eigenvalue weighted by molar-refractivity contribution is -0.389. The zero-order valence-corrected chi connectivity index (χ0v) is 24.1. The smallest absolute Gasteiger partial charge is 0.490 e. The van der Waals surface area contributed by atoms with Gasteiger partial charge in [0.05, 0.1) is 0 Å². The molecular weight excluding hydrogens is 595 g/mol. The fourth-order valence-electron chi connectivity index (χ4n) is 5.21. The van der Waals surface area contributed by atoms with Gasteiger partial charge in [-0.25, -0.2) is 0 Å². The van der Waals surface area contributed by atoms with Crippen molar-refractivity contribution in [2.24, 2.45) is 0 Å². The van der Waals surface area contributed by atoms with Gasteiger partial charge in [-0.15, -0.1) is 13.2 Å². The molecule has 6 rings (SSSR count). The van der Waals surface area contributed by atoms with Gasteiger partial charge in [-0.05, 0) is 71.2 Å². The standard InChI is InChI=1S/C31H30F3N5O6/c32-31(33,34)45-27-11-9-26(10-12-27)43-25-5-1-22(2-6-25)19-36-15-17-37(18-16-36)23-3-7-24(8-4-23)42-21-28-13-14-38-20-29(39(40)41)35-30(38)44-28/h1-12,20,28H,13-19,21H2/t28-/m0/s1. The Morgan fingerprint density at radius 3 is 2.13 bits per heavy atom. The molecule has 1 aromatic heterocycles. The van der Waals surface area contributed by atoms with Gasteiger partial charge in [0.2, 0.25) is 0 Å². The molecule has 0 unspecified atom stereocenters. The Morgan fingerprint density at radius 1 is 0.867 bits per heavy atom. The summed E-state index contributed by atoms with van der Waals surface area (Å²) in [6.07, 6.45) is -2.92. The summed E-state index contributed by atoms with van der Waals surface area (Å²) in [5.74, 6) is 1.20. The van der Waals surface area contributed by atoms with Crippen LogP contribution in [0.5, 0.6) is 29.0 Å². The fraction of sp³-hybridized carbons (Fsp3) is 0.323. The number of rotatable bonds is 10. The van der Waals surface area contributed by atoms with Crippen LogP contribution < -0.4 is 23.8 Å². The number of piperazine rings is 1. The largest absolute Gasteiger partial charge is 0.573 e. The van der Waals surface area contributed by atoms with Gasteiger partial charge in [0.1, 0.15) is 41.9 Å². The zero-order valence-electron chi connectivity index (χ0n) is 24.1. The second kappa shape index (κ2) is 12.9. The maximum absolute atomic E-state index is 12.3. The molecule has 0 amide bonds. The van der Waals surface area contributed by atoms with Crippen LogP contribution in [-0.4, -0.2) is 64.6 Å². The summed E-state index contributed by atoms with van der Waals surface area (Å²) in [5.41, 5.74) is 2.25. The first kappa shape index (κ1) is 30.1. The molecule has 11 nitrogen and oxygen atoms in total. The number of aromatic nitrogens is 2. The number of fused-ring (bicyclic) bond motifs is 1. The maximum atomic E-state index is 12.3. The first-order chi connectivity index (χ1) is 21.7. The van der Waals surface area contributed by atoms with E-state index in [1.165, 1.54) is 30.5 Å². The highest BCUT2D eigenvalue weighted by Crippen LogP contribution is 2.29. The van der Waals surface area contributed by atoms with E-state index in [2.05, 4.69) is 19.5 Å². The summed E-state index contributed by atoms with van der Waals surface area (Å²) in [6, 6.07) is 21.1. The quantitative estimate of drug-likeness (QED) is 0.154. The topological polar surface area (TPSA) is 104 Å². The lowest BCUT2D eigenvalue weighted by atomic mass is 10.1. The molecule has 1 saturated heterocycles. The number of alkyl halides is 3. The third-order valence-corrected chi connectivity index (χ3v) is 7.51. The van der Waals surface area contributed by atoms with Gasteiger partial charge in [0.15, 0.2) is 0 Å². The van der Waals surface area contributed by atoms with E-state index in [4.69, 9.17) is 14.2 Å². The molecule has 0 saturated carbocycles. The Hall–Kier alpha value is -4.98. The molecule has 0 bridgehead atoms. The van der Waals surface area contributed by atoms with E-state index in [0.29, 0.717) is 31.1 Å². The Morgan fingerprint density at radius 2 is 1.49 bits per heavy atom. The van der Waals surface area contributed by atoms with Crippen molar-refractivity contribution in [3.05, 3.63) is 94.7 Å². The van der Waals surface area contributed by atoms with Gasteiger partial charge < -0.3 is 34.0 Å². The molecule has 2 aliphatic heterocycles. The monoisotopic (exact) mass is 625 g/mol. The van der Waals surface area contributed by atoms with Crippen LogP contribution in [-0.2, 0) is 13.1 Å². The number of nitrogens with zero attached hydrogens (tertiary/aromatic N) is 5. The third-order valence-electron chi connectivity index (χ3n) is 7.51. The summed E-state index contributed by atoms with van der Waals surface area (Å²) >= 11 is 0. The molecular formula is C31H30F3N5O6. The normalized spacial score (nSPS) is 16.9. The summed E-state index contributed by atoms with van der Waals surface area (Å²) in [4.78, 5) is 19.1. The number of hydrogen-bond acceptors (Lipinski definition) is 9. The van der Waals surface area contributed by atoms with Crippen molar-refractivity contribution in [2.45, 2.75) is 32.0 Å². The molecule has 1 fully saturated rings. The van der Waals surface area contributed by atoms with E-state index in [-0.39, 0.29) is 23.7 Å². The van der Waals surface area contributed by atoms with E-state index in [9.17, 15) is 23.3 Å². The van der Waals surface area contributed by atoms with Crippen molar-refractivity contribution < 1.29 is 37.0 Å². The number of benzene rings is 3. The van der Waals surface area contributed by atoms with Gasteiger partial charge in [-0.1, -0.05) is 12.1 Å². The van der Waals surface area contributed by atoms with Crippen LogP contribution >= 0.6 is 0 Å². The maximum Gasteiger partial charge on any atom is 0.573 e. The van der Waals surface area contributed by atoms with E-state index in [0.717, 1.165) is 49.7 Å². The first-order valence-electron chi connectivity index (χ1n) is 14.4. The second-order valence-electron chi connectivity index (χ2n) is 10.7. The number of imidazole rings is 1. The molecule has 0 radical (unpaired) electrons. The number of anilines is 1. The number of ether oxygens (including phenoxy) is 4. The van der Waals surface area contributed by atoms with Crippen LogP contribution in [0.1, 0.15) is 12.0 Å². The molecule has 0 N–H and O–H groups in total. The Kier molecular flexibility index (Phi) is 8.65. The van der Waals surface area contributed by atoms with Crippen molar-refractivity contribution in [1.29, 1.82) is 0 Å². The highest BCUT2D eigenvalue weighted by molar-refractivity contribution is 5.49. The third kappa shape index (κ3) is 7.95. The van der Waals surface area contributed by atoms with Crippen molar-refractivity contribution in [3.8, 4) is 29.0 Å². The molecule has 14 heteroatoms. The minimum absolute atomic E-state index is 0.224. The van der Waals surface area contributed by atoms with E-state index < -0.39 is 11.3 Å². The Balaban J connectivity index is 0.925. The van der Waals surface area contributed by atoms with Crippen LogP contribution in [0.2, 0.25) is 0 Å². The average molecular weight is 626 g/mol. The number of hydrogen-bond donors (Lipinski definition) is 0. The molecule has 45 heavy (non-hydrogen) atoms. The van der Waals surface area contributed by atoms with Crippen molar-refractivity contribution in [1.82, 2.24) is 14.5 Å². The van der Waals surface area contributed by atoms with Gasteiger partial charge >= 0.3 is 18.2 Å². The van der Waals surface area contributed by atoms with Crippen molar-refractivity contribution in [3.63, 3.8) is 0 Å². The Labute approximate surface area is 256 Å². The fourth-order valence-corrected chi connectivity index (χ4v) is 5.21. The molecule has 1 atom stereocenters. The van der Waals surface area contributed by atoms with Gasteiger partial charge in [-0.3, -0.25) is 9.47 Å². The summed E-state index contributed by atoms with van der Waals surface area (Å²) in [5, 5.41) is 10.9. The predicted octanol–water partition coefficient (Wildman–Crippen LogP) is 6.03. The van der Waals surface area contributed by atoms with E-state index >= 15 is 0 Å². The number of nitro groups is 1. The number of aryl methyl sites for hydroxylation is 1. The summed E-state index contributed by atoms with van der Waals surface area (Å²) in [6.45, 7) is 5.25. The highest BCUT2D eigenvalue weighted by Gasteiger charge is 2.31. The van der Waals surface area contributed by atoms with E-state index in [1.807, 2.05) is 48.5 Å². The summed E-state index contributed by atoms with van der Waals surface area (Å²) in [7, 11) is 0. The number of halogens is 3. The van der Waals surface area contributed by atoms with Crippen LogP contribution in [0, 0.1) is 10.1 Å². The van der Waals surface area contributed by atoms with Crippen LogP contribution in [0.15, 0.2) is 79.0 Å². The molecule has 4 aromatic rings.